The van der Waals surface area contributed by atoms with Gasteiger partial charge in [-0.1, -0.05) is 44.0 Å². The standard InChI is InChI=1S/C34H38N2O5/c1-5-16-35-17-15-34-25-12-13-26(36(20-21(2)3)30(39)14-11-23-9-7-6-8-10-23)33(34)41-32-28(38)19-29(40-22(4)37)24(31(32)34)18-27(25)35/h5-10,19,21,25-27,33,38H,1,12-13,15-18,20H2,2-4H3/t25-,26+,27+,33-,34-/m0/s1. The quantitative estimate of drug-likeness (QED) is 0.246. The van der Waals surface area contributed by atoms with Gasteiger partial charge in [-0.25, -0.2) is 0 Å². The van der Waals surface area contributed by atoms with E-state index in [4.69, 9.17) is 9.47 Å². The number of benzene rings is 2. The molecule has 7 nitrogen and oxygen atoms in total. The Bertz CT molecular complexity index is 1440. The Morgan fingerprint density at radius 1 is 1.29 bits per heavy atom. The number of carbonyl (C=O) groups excluding carboxylic acids is 2. The van der Waals surface area contributed by atoms with Crippen molar-refractivity contribution in [2.24, 2.45) is 11.8 Å². The van der Waals surface area contributed by atoms with Gasteiger partial charge in [-0.05, 0) is 56.2 Å². The highest BCUT2D eigenvalue weighted by Crippen LogP contribution is 2.65. The summed E-state index contributed by atoms with van der Waals surface area (Å²) in [6.45, 7) is 11.8. The van der Waals surface area contributed by atoms with E-state index in [-0.39, 0.29) is 41.7 Å². The number of carbonyl (C=O) groups is 2. The van der Waals surface area contributed by atoms with Gasteiger partial charge >= 0.3 is 5.97 Å². The van der Waals surface area contributed by atoms with Crippen LogP contribution in [0.5, 0.6) is 17.2 Å². The first-order valence-electron chi connectivity index (χ1n) is 14.7. The van der Waals surface area contributed by atoms with Crippen molar-refractivity contribution in [3.05, 3.63) is 65.7 Å². The first-order valence-corrected chi connectivity index (χ1v) is 14.7. The minimum atomic E-state index is -0.420. The van der Waals surface area contributed by atoms with Gasteiger partial charge in [0.1, 0.15) is 11.9 Å². The maximum atomic E-state index is 13.8. The van der Waals surface area contributed by atoms with Gasteiger partial charge in [0, 0.05) is 60.1 Å². The van der Waals surface area contributed by atoms with E-state index in [1.165, 1.54) is 13.0 Å². The molecule has 2 aromatic rings. The Labute approximate surface area is 242 Å². The lowest BCUT2D eigenvalue weighted by Crippen LogP contribution is -2.69. The molecule has 2 heterocycles. The van der Waals surface area contributed by atoms with Gasteiger partial charge in [0.15, 0.2) is 11.5 Å². The molecule has 2 fully saturated rings. The molecule has 1 amide bonds. The summed E-state index contributed by atoms with van der Waals surface area (Å²) in [7, 11) is 0. The van der Waals surface area contributed by atoms with Crippen LogP contribution in [0.2, 0.25) is 0 Å². The Balaban J connectivity index is 1.45. The normalized spacial score (nSPS) is 27.2. The number of aromatic hydroxyl groups is 1. The molecule has 2 aliphatic carbocycles. The van der Waals surface area contributed by atoms with Gasteiger partial charge in [0.2, 0.25) is 0 Å². The lowest BCUT2D eigenvalue weighted by Gasteiger charge is -2.60. The zero-order chi connectivity index (χ0) is 28.9. The number of rotatable bonds is 6. The number of likely N-dealkylation sites (tertiary alicyclic amines) is 1. The summed E-state index contributed by atoms with van der Waals surface area (Å²) in [6, 6.07) is 11.1. The first kappa shape index (κ1) is 27.4. The molecule has 0 aromatic heterocycles. The van der Waals surface area contributed by atoms with Crippen molar-refractivity contribution in [1.82, 2.24) is 9.80 Å². The van der Waals surface area contributed by atoms with Crippen molar-refractivity contribution >= 4 is 11.9 Å². The Morgan fingerprint density at radius 2 is 2.07 bits per heavy atom. The smallest absolute Gasteiger partial charge is 0.308 e. The first-order chi connectivity index (χ1) is 19.7. The minimum Gasteiger partial charge on any atom is -0.504 e. The fourth-order valence-electron chi connectivity index (χ4n) is 8.09. The largest absolute Gasteiger partial charge is 0.504 e. The predicted octanol–water partition coefficient (Wildman–Crippen LogP) is 4.45. The predicted molar refractivity (Wildman–Crippen MR) is 156 cm³/mol. The SMILES string of the molecule is C=CCN1CC[C@]23c4c5c(OC(C)=O)cc(O)c4O[C@H]2[C@H](N(CC(C)C)C(=O)C#Cc2ccccc2)CC[C@H]3[C@H]1C5. The second-order valence-electron chi connectivity index (χ2n) is 12.3. The molecule has 6 rings (SSSR count). The molecule has 214 valence electrons. The number of piperidine rings is 1. The molecule has 41 heavy (non-hydrogen) atoms. The average molecular weight is 555 g/mol. The number of phenols is 1. The summed E-state index contributed by atoms with van der Waals surface area (Å²) >= 11 is 0. The number of nitrogens with zero attached hydrogens (tertiary/aromatic N) is 2. The molecule has 7 heteroatoms. The molecule has 5 atom stereocenters. The van der Waals surface area contributed by atoms with E-state index in [1.807, 2.05) is 41.3 Å². The van der Waals surface area contributed by atoms with E-state index in [0.717, 1.165) is 49.0 Å². The number of hydrogen-bond acceptors (Lipinski definition) is 6. The van der Waals surface area contributed by atoms with Crippen LogP contribution in [0.15, 0.2) is 49.1 Å². The van der Waals surface area contributed by atoms with Crippen LogP contribution in [-0.4, -0.2) is 64.6 Å². The van der Waals surface area contributed by atoms with Crippen LogP contribution >= 0.6 is 0 Å². The Hall–Kier alpha value is -3.76. The second kappa shape index (κ2) is 10.6. The zero-order valence-electron chi connectivity index (χ0n) is 24.1. The monoisotopic (exact) mass is 554 g/mol. The topological polar surface area (TPSA) is 79.3 Å². The van der Waals surface area contributed by atoms with Crippen LogP contribution in [0.1, 0.15) is 56.7 Å². The van der Waals surface area contributed by atoms with Gasteiger partial charge in [-0.3, -0.25) is 14.5 Å². The van der Waals surface area contributed by atoms with Gasteiger partial charge in [0.05, 0.1) is 6.04 Å². The summed E-state index contributed by atoms with van der Waals surface area (Å²) in [5.74, 6) is 6.74. The Morgan fingerprint density at radius 3 is 2.78 bits per heavy atom. The third kappa shape index (κ3) is 4.49. The molecule has 1 spiro atoms. The maximum absolute atomic E-state index is 13.8. The lowest BCUT2D eigenvalue weighted by molar-refractivity contribution is -0.137. The van der Waals surface area contributed by atoms with Crippen LogP contribution in [0.25, 0.3) is 0 Å². The van der Waals surface area contributed by atoms with Crippen molar-refractivity contribution in [1.29, 1.82) is 0 Å². The summed E-state index contributed by atoms with van der Waals surface area (Å²) in [5.41, 5.74) is 2.32. The fourth-order valence-corrected chi connectivity index (χ4v) is 8.09. The molecular weight excluding hydrogens is 516 g/mol. The minimum absolute atomic E-state index is 0.0150. The molecule has 1 N–H and O–H groups in total. The summed E-state index contributed by atoms with van der Waals surface area (Å²) in [6.07, 6.45) is 4.87. The van der Waals surface area contributed by atoms with E-state index < -0.39 is 11.4 Å². The van der Waals surface area contributed by atoms with Crippen LogP contribution in [0.4, 0.5) is 0 Å². The molecule has 2 aromatic carbocycles. The van der Waals surface area contributed by atoms with Gasteiger partial charge in [0.25, 0.3) is 5.91 Å². The summed E-state index contributed by atoms with van der Waals surface area (Å²) < 4.78 is 12.4. The van der Waals surface area contributed by atoms with Gasteiger partial charge in [-0.2, -0.15) is 0 Å². The van der Waals surface area contributed by atoms with Crippen LogP contribution in [0, 0.1) is 23.7 Å². The molecule has 4 aliphatic rings. The van der Waals surface area contributed by atoms with E-state index >= 15 is 0 Å². The van der Waals surface area contributed by atoms with Crippen molar-refractivity contribution in [2.75, 3.05) is 19.6 Å². The van der Waals surface area contributed by atoms with Gasteiger partial charge in [-0.15, -0.1) is 6.58 Å². The van der Waals surface area contributed by atoms with E-state index in [0.29, 0.717) is 24.5 Å². The summed E-state index contributed by atoms with van der Waals surface area (Å²) in [5, 5.41) is 11.2. The lowest BCUT2D eigenvalue weighted by atomic mass is 9.50. The number of amides is 1. The molecule has 0 radical (unpaired) electrons. The third-order valence-corrected chi connectivity index (χ3v) is 9.42. The molecule has 2 aliphatic heterocycles. The molecule has 0 unspecified atom stereocenters. The van der Waals surface area contributed by atoms with Gasteiger partial charge < -0.3 is 19.5 Å². The van der Waals surface area contributed by atoms with E-state index in [1.54, 1.807) is 0 Å². The number of esters is 1. The van der Waals surface area contributed by atoms with E-state index in [2.05, 4.69) is 37.2 Å². The Kier molecular flexibility index (Phi) is 7.07. The number of phenolic OH excluding ortho intramolecular Hbond substituents is 1. The molecule has 1 saturated carbocycles. The molecule has 2 bridgehead atoms. The zero-order valence-corrected chi connectivity index (χ0v) is 24.1. The average Bonchev–Trinajstić information content (AvgIpc) is 3.29. The number of hydrogen-bond donors (Lipinski definition) is 1. The highest BCUT2D eigenvalue weighted by molar-refractivity contribution is 5.94. The van der Waals surface area contributed by atoms with Crippen molar-refractivity contribution in [3.8, 4) is 29.1 Å². The van der Waals surface area contributed by atoms with Crippen molar-refractivity contribution in [3.63, 3.8) is 0 Å². The van der Waals surface area contributed by atoms with Crippen molar-refractivity contribution in [2.45, 2.75) is 70.1 Å². The summed E-state index contributed by atoms with van der Waals surface area (Å²) in [4.78, 5) is 30.3. The van der Waals surface area contributed by atoms with Crippen LogP contribution < -0.4 is 9.47 Å². The van der Waals surface area contributed by atoms with Crippen LogP contribution in [0.3, 0.4) is 0 Å². The molecular formula is C34H38N2O5. The number of ether oxygens (including phenoxy) is 2. The van der Waals surface area contributed by atoms with Crippen molar-refractivity contribution < 1.29 is 24.2 Å². The molecule has 1 saturated heterocycles. The highest BCUT2D eigenvalue weighted by Gasteiger charge is 2.67. The maximum Gasteiger partial charge on any atom is 0.308 e. The van der Waals surface area contributed by atoms with Crippen LogP contribution in [-0.2, 0) is 21.4 Å². The fraction of sp³-hybridized carbons (Fsp3) is 0.471. The highest BCUT2D eigenvalue weighted by atomic mass is 16.5. The second-order valence-corrected chi connectivity index (χ2v) is 12.3. The van der Waals surface area contributed by atoms with E-state index in [9.17, 15) is 14.7 Å². The third-order valence-electron chi connectivity index (χ3n) is 9.42.